The van der Waals surface area contributed by atoms with Gasteiger partial charge in [0.2, 0.25) is 12.0 Å². The molecule has 0 aliphatic heterocycles. The quantitative estimate of drug-likeness (QED) is 0.563. The molecule has 0 spiro atoms. The van der Waals surface area contributed by atoms with E-state index in [9.17, 15) is 4.79 Å². The molecule has 1 unspecified atom stereocenters. The van der Waals surface area contributed by atoms with E-state index in [0.29, 0.717) is 21.4 Å². The summed E-state index contributed by atoms with van der Waals surface area (Å²) in [4.78, 5) is 16.9. The topological polar surface area (TPSA) is 44.1 Å². The number of nitrogens with zero attached hydrogens (tertiary/aromatic N) is 2. The maximum Gasteiger partial charge on any atom is 0.241 e. The van der Waals surface area contributed by atoms with Crippen molar-refractivity contribution in [3.63, 3.8) is 0 Å². The van der Waals surface area contributed by atoms with Crippen LogP contribution >= 0.6 is 34.8 Å². The van der Waals surface area contributed by atoms with Crippen LogP contribution in [-0.2, 0) is 0 Å². The third kappa shape index (κ3) is 3.73. The zero-order chi connectivity index (χ0) is 17.1. The lowest BCUT2D eigenvalue weighted by molar-refractivity contribution is 0.0653. The van der Waals surface area contributed by atoms with Gasteiger partial charge in [-0.25, -0.2) is 4.98 Å². The molecular formula is C17H11Cl3N2O2. The lowest BCUT2D eigenvalue weighted by Crippen LogP contribution is -2.24. The zero-order valence-corrected chi connectivity index (χ0v) is 14.5. The molecule has 122 valence electrons. The van der Waals surface area contributed by atoms with E-state index in [-0.39, 0.29) is 10.8 Å². The number of carbonyl (C=O) groups excluding carboxylic acids is 1. The van der Waals surface area contributed by atoms with Gasteiger partial charge in [-0.05, 0) is 36.4 Å². The molecule has 0 amide bonds. The maximum atomic E-state index is 12.9. The summed E-state index contributed by atoms with van der Waals surface area (Å²) in [6, 6.07) is 11.5. The molecule has 0 saturated carbocycles. The molecule has 0 radical (unpaired) electrons. The Balaban J connectivity index is 1.97. The van der Waals surface area contributed by atoms with Gasteiger partial charge in [0.05, 0.1) is 11.3 Å². The number of Topliss-reactive ketones (excluding diaryl/α,β-unsaturated/α-hetero) is 1. The monoisotopic (exact) mass is 380 g/mol. The number of carbonyl (C=O) groups is 1. The molecule has 0 aliphatic rings. The van der Waals surface area contributed by atoms with Crippen molar-refractivity contribution in [1.82, 2.24) is 9.55 Å². The molecule has 7 heteroatoms. The fraction of sp³-hybridized carbons (Fsp3) is 0.0588. The van der Waals surface area contributed by atoms with Gasteiger partial charge in [0.15, 0.2) is 0 Å². The van der Waals surface area contributed by atoms with Gasteiger partial charge in [0.1, 0.15) is 5.75 Å². The second-order valence-corrected chi connectivity index (χ2v) is 6.21. The van der Waals surface area contributed by atoms with Crippen molar-refractivity contribution in [3.05, 3.63) is 81.8 Å². The highest BCUT2D eigenvalue weighted by Gasteiger charge is 2.25. The molecular weight excluding hydrogens is 371 g/mol. The second kappa shape index (κ2) is 7.26. The van der Waals surface area contributed by atoms with Gasteiger partial charge in [0, 0.05) is 28.0 Å². The number of hydrogen-bond acceptors (Lipinski definition) is 3. The molecule has 3 aromatic rings. The van der Waals surface area contributed by atoms with Gasteiger partial charge in [-0.2, -0.15) is 0 Å². The van der Waals surface area contributed by atoms with Crippen molar-refractivity contribution >= 4 is 40.6 Å². The first-order valence-electron chi connectivity index (χ1n) is 6.93. The van der Waals surface area contributed by atoms with E-state index >= 15 is 0 Å². The molecule has 3 rings (SSSR count). The van der Waals surface area contributed by atoms with Gasteiger partial charge in [0.25, 0.3) is 0 Å². The van der Waals surface area contributed by atoms with Crippen LogP contribution in [-0.4, -0.2) is 15.3 Å². The highest BCUT2D eigenvalue weighted by atomic mass is 35.5. The van der Waals surface area contributed by atoms with Crippen LogP contribution in [0.25, 0.3) is 0 Å². The van der Waals surface area contributed by atoms with Crippen LogP contribution in [0.2, 0.25) is 15.1 Å². The van der Waals surface area contributed by atoms with E-state index in [0.717, 1.165) is 0 Å². The molecule has 0 bridgehead atoms. The highest BCUT2D eigenvalue weighted by Crippen LogP contribution is 2.28. The average Bonchev–Trinajstić information content (AvgIpc) is 3.06. The minimum absolute atomic E-state index is 0.257. The second-order valence-electron chi connectivity index (χ2n) is 4.93. The molecule has 24 heavy (non-hydrogen) atoms. The van der Waals surface area contributed by atoms with Gasteiger partial charge < -0.3 is 4.74 Å². The number of halogens is 3. The predicted octanol–water partition coefficient (Wildman–Crippen LogP) is 5.30. The predicted molar refractivity (Wildman–Crippen MR) is 94.1 cm³/mol. The minimum Gasteiger partial charge on any atom is -0.462 e. The van der Waals surface area contributed by atoms with E-state index in [2.05, 4.69) is 4.98 Å². The Hall–Kier alpha value is -2.01. The number of ketones is 1. The number of ether oxygens (including phenoxy) is 1. The van der Waals surface area contributed by atoms with Crippen LogP contribution in [0, 0.1) is 0 Å². The van der Waals surface area contributed by atoms with Gasteiger partial charge >= 0.3 is 0 Å². The van der Waals surface area contributed by atoms with Crippen LogP contribution in [0.4, 0.5) is 0 Å². The van der Waals surface area contributed by atoms with Crippen molar-refractivity contribution in [3.8, 4) is 5.75 Å². The molecule has 4 nitrogen and oxygen atoms in total. The van der Waals surface area contributed by atoms with Crippen molar-refractivity contribution in [2.24, 2.45) is 0 Å². The summed E-state index contributed by atoms with van der Waals surface area (Å²) in [7, 11) is 0. The van der Waals surface area contributed by atoms with Crippen LogP contribution in [0.1, 0.15) is 16.6 Å². The molecule has 1 aromatic heterocycles. The van der Waals surface area contributed by atoms with Crippen molar-refractivity contribution < 1.29 is 9.53 Å². The maximum absolute atomic E-state index is 12.9. The number of hydrogen-bond donors (Lipinski definition) is 0. The van der Waals surface area contributed by atoms with E-state index in [4.69, 9.17) is 39.5 Å². The first-order chi connectivity index (χ1) is 11.5. The smallest absolute Gasteiger partial charge is 0.241 e. The normalized spacial score (nSPS) is 12.0. The first-order valence-corrected chi connectivity index (χ1v) is 8.07. The van der Waals surface area contributed by atoms with Crippen LogP contribution < -0.4 is 4.74 Å². The molecule has 2 aromatic carbocycles. The number of aromatic nitrogens is 2. The van der Waals surface area contributed by atoms with Crippen molar-refractivity contribution in [2.45, 2.75) is 6.23 Å². The third-order valence-electron chi connectivity index (χ3n) is 3.26. The van der Waals surface area contributed by atoms with Crippen LogP contribution in [0.5, 0.6) is 5.75 Å². The average molecular weight is 382 g/mol. The summed E-state index contributed by atoms with van der Waals surface area (Å²) >= 11 is 18.0. The largest absolute Gasteiger partial charge is 0.462 e. The number of benzene rings is 2. The van der Waals surface area contributed by atoms with Crippen molar-refractivity contribution in [2.75, 3.05) is 0 Å². The van der Waals surface area contributed by atoms with E-state index in [1.807, 2.05) is 0 Å². The fourth-order valence-electron chi connectivity index (χ4n) is 2.15. The highest BCUT2D eigenvalue weighted by molar-refractivity contribution is 6.37. The van der Waals surface area contributed by atoms with Crippen molar-refractivity contribution in [1.29, 1.82) is 0 Å². The minimum atomic E-state index is -0.968. The SMILES string of the molecule is O=C(c1ccc(Cl)cc1Cl)C(Oc1cccc(Cl)c1)n1ccnc1. The van der Waals surface area contributed by atoms with Gasteiger partial charge in [-0.15, -0.1) is 0 Å². The molecule has 0 saturated heterocycles. The summed E-state index contributed by atoms with van der Waals surface area (Å²) < 4.78 is 7.39. The Labute approximate surface area is 153 Å². The molecule has 0 fully saturated rings. The Morgan fingerprint density at radius 2 is 1.88 bits per heavy atom. The summed E-state index contributed by atoms with van der Waals surface area (Å²) in [6.45, 7) is 0. The Morgan fingerprint density at radius 1 is 1.08 bits per heavy atom. The number of imidazole rings is 1. The van der Waals surface area contributed by atoms with Crippen LogP contribution in [0.15, 0.2) is 61.2 Å². The summed E-state index contributed by atoms with van der Waals surface area (Å²) in [6.07, 6.45) is 3.73. The Bertz CT molecular complexity index is 866. The standard InChI is InChI=1S/C17H11Cl3N2O2/c18-11-2-1-3-13(8-11)24-17(22-7-6-21-10-22)16(23)14-5-4-12(19)9-15(14)20/h1-10,17H. The Morgan fingerprint density at radius 3 is 2.54 bits per heavy atom. The lowest BCUT2D eigenvalue weighted by Gasteiger charge is -2.20. The first kappa shape index (κ1) is 16.8. The molecule has 1 atom stereocenters. The molecule has 1 heterocycles. The number of rotatable bonds is 5. The van der Waals surface area contributed by atoms with E-state index in [1.54, 1.807) is 53.4 Å². The van der Waals surface area contributed by atoms with E-state index < -0.39 is 6.23 Å². The summed E-state index contributed by atoms with van der Waals surface area (Å²) in [5, 5.41) is 1.22. The van der Waals surface area contributed by atoms with Crippen LogP contribution in [0.3, 0.4) is 0 Å². The van der Waals surface area contributed by atoms with Gasteiger partial charge in [-0.1, -0.05) is 40.9 Å². The summed E-state index contributed by atoms with van der Waals surface area (Å²) in [5.74, 6) is 0.134. The molecule has 0 N–H and O–H groups in total. The van der Waals surface area contributed by atoms with Gasteiger partial charge in [-0.3, -0.25) is 9.36 Å². The van der Waals surface area contributed by atoms with E-state index in [1.165, 1.54) is 12.4 Å². The Kier molecular flexibility index (Phi) is 5.09. The summed E-state index contributed by atoms with van der Waals surface area (Å²) in [5.41, 5.74) is 0.307. The zero-order valence-electron chi connectivity index (χ0n) is 12.2. The third-order valence-corrected chi connectivity index (χ3v) is 4.04. The fourth-order valence-corrected chi connectivity index (χ4v) is 2.83. The lowest BCUT2D eigenvalue weighted by atomic mass is 10.1. The molecule has 0 aliphatic carbocycles.